The average molecular weight is 756 g/mol. The molecule has 0 aliphatic heterocycles. The number of hydrogen-bond acceptors (Lipinski definition) is 10. The maximum absolute atomic E-state index is 13.5. The zero-order chi connectivity index (χ0) is 35.5. The fourth-order valence-corrected chi connectivity index (χ4v) is 7.62. The van der Waals surface area contributed by atoms with Crippen molar-refractivity contribution in [3.8, 4) is 10.4 Å². The highest BCUT2D eigenvalue weighted by Gasteiger charge is 2.20. The van der Waals surface area contributed by atoms with Crippen molar-refractivity contribution in [3.63, 3.8) is 0 Å². The van der Waals surface area contributed by atoms with Gasteiger partial charge in [-0.2, -0.15) is 0 Å². The molecule has 6 aromatic rings. The second kappa shape index (κ2) is 15.2. The summed E-state index contributed by atoms with van der Waals surface area (Å²) < 4.78 is 14.4. The van der Waals surface area contributed by atoms with Gasteiger partial charge in [0.2, 0.25) is 11.8 Å². The Hall–Kier alpha value is -4.51. The summed E-state index contributed by atoms with van der Waals surface area (Å²) in [4.78, 5) is 69.8. The van der Waals surface area contributed by atoms with Gasteiger partial charge in [-0.25, -0.2) is 14.4 Å². The number of halogens is 3. The monoisotopic (exact) mass is 754 g/mol. The van der Waals surface area contributed by atoms with Crippen LogP contribution in [0.25, 0.3) is 30.9 Å². The molecule has 4 aromatic heterocycles. The maximum Gasteiger partial charge on any atom is 0.268 e. The van der Waals surface area contributed by atoms with E-state index in [0.29, 0.717) is 54.8 Å². The molecule has 50 heavy (non-hydrogen) atoms. The lowest BCUT2D eigenvalue weighted by Gasteiger charge is -2.20. The molecule has 2 aromatic carbocycles. The first-order valence-electron chi connectivity index (χ1n) is 15.2. The van der Waals surface area contributed by atoms with Crippen molar-refractivity contribution in [3.05, 3.63) is 102 Å². The minimum absolute atomic E-state index is 0.0232. The summed E-state index contributed by atoms with van der Waals surface area (Å²) in [5.74, 6) is -0.398. The summed E-state index contributed by atoms with van der Waals surface area (Å²) in [6.45, 7) is 2.75. The molecule has 0 aliphatic carbocycles. The summed E-state index contributed by atoms with van der Waals surface area (Å²) in [5, 5.41) is 7.68. The normalized spacial score (nSPS) is 11.6. The van der Waals surface area contributed by atoms with Crippen molar-refractivity contribution in [2.45, 2.75) is 20.0 Å². The summed E-state index contributed by atoms with van der Waals surface area (Å²) in [5.41, 5.74) is 1.56. The van der Waals surface area contributed by atoms with Gasteiger partial charge in [-0.15, -0.1) is 22.7 Å². The van der Waals surface area contributed by atoms with Crippen molar-refractivity contribution in [1.82, 2.24) is 29.7 Å². The van der Waals surface area contributed by atoms with Crippen LogP contribution in [0.2, 0.25) is 10.0 Å². The Bertz CT molecular complexity index is 2360. The SMILES string of the molecule is CCN(CC(=O)Nc1c(Cl)ccc(-c2cc3nc(CN(C)CC(=O)Nc4cccc(F)c4)[nH]c(=O)c3s2)c1Cl)Cc1nc2ccsc2c(=O)[nH]1. The molecule has 0 radical (unpaired) electrons. The van der Waals surface area contributed by atoms with E-state index >= 15 is 0 Å². The van der Waals surface area contributed by atoms with Gasteiger partial charge in [0.25, 0.3) is 11.1 Å². The van der Waals surface area contributed by atoms with Crippen molar-refractivity contribution in [2.75, 3.05) is 37.3 Å². The molecule has 0 bridgehead atoms. The van der Waals surface area contributed by atoms with Crippen LogP contribution in [0, 0.1) is 5.82 Å². The van der Waals surface area contributed by atoms with Gasteiger partial charge in [0.1, 0.15) is 26.9 Å². The number of aromatic amines is 2. The number of hydrogen-bond donors (Lipinski definition) is 4. The molecule has 0 atom stereocenters. The molecule has 17 heteroatoms. The van der Waals surface area contributed by atoms with Gasteiger partial charge in [-0.1, -0.05) is 42.3 Å². The maximum atomic E-state index is 13.5. The quantitative estimate of drug-likeness (QED) is 0.120. The van der Waals surface area contributed by atoms with E-state index in [-0.39, 0.29) is 64.8 Å². The molecule has 0 fully saturated rings. The zero-order valence-corrected chi connectivity index (χ0v) is 29.7. The average Bonchev–Trinajstić information content (AvgIpc) is 3.71. The highest BCUT2D eigenvalue weighted by molar-refractivity contribution is 7.22. The van der Waals surface area contributed by atoms with Crippen LogP contribution in [0.4, 0.5) is 15.8 Å². The molecular weight excluding hydrogens is 726 g/mol. The molecule has 4 N–H and O–H groups in total. The van der Waals surface area contributed by atoms with Crippen molar-refractivity contribution in [1.29, 1.82) is 0 Å². The molecule has 0 saturated heterocycles. The van der Waals surface area contributed by atoms with E-state index in [4.69, 9.17) is 23.2 Å². The van der Waals surface area contributed by atoms with Gasteiger partial charge in [0.05, 0.1) is 52.9 Å². The number of anilines is 2. The minimum Gasteiger partial charge on any atom is -0.325 e. The number of rotatable bonds is 12. The summed E-state index contributed by atoms with van der Waals surface area (Å²) >= 11 is 15.8. The number of thiophene rings is 2. The number of carbonyl (C=O) groups excluding carboxylic acids is 2. The number of nitrogens with zero attached hydrogens (tertiary/aromatic N) is 4. The fraction of sp³-hybridized carbons (Fsp3) is 0.212. The van der Waals surface area contributed by atoms with Crippen LogP contribution in [0.1, 0.15) is 18.6 Å². The van der Waals surface area contributed by atoms with E-state index in [1.165, 1.54) is 40.9 Å². The Labute approximate surface area is 301 Å². The first-order chi connectivity index (χ1) is 24.0. The Morgan fingerprint density at radius 2 is 1.62 bits per heavy atom. The molecule has 12 nitrogen and oxygen atoms in total. The van der Waals surface area contributed by atoms with Crippen LogP contribution < -0.4 is 21.8 Å². The number of amides is 2. The molecule has 0 aliphatic rings. The molecule has 258 valence electrons. The number of benzene rings is 2. The second-order valence-corrected chi connectivity index (χ2v) is 14.1. The Balaban J connectivity index is 1.14. The molecular formula is C33H29Cl2FN8O4S2. The Morgan fingerprint density at radius 3 is 2.38 bits per heavy atom. The number of nitrogens with one attached hydrogen (secondary N) is 4. The highest BCUT2D eigenvalue weighted by atomic mass is 35.5. The summed E-state index contributed by atoms with van der Waals surface area (Å²) in [6, 6.07) is 12.4. The van der Waals surface area contributed by atoms with Gasteiger partial charge in [-0.3, -0.25) is 29.0 Å². The van der Waals surface area contributed by atoms with E-state index in [1.54, 1.807) is 47.7 Å². The highest BCUT2D eigenvalue weighted by Crippen LogP contribution is 2.42. The first kappa shape index (κ1) is 35.3. The largest absolute Gasteiger partial charge is 0.325 e. The van der Waals surface area contributed by atoms with Crippen LogP contribution in [0.3, 0.4) is 0 Å². The van der Waals surface area contributed by atoms with E-state index in [0.717, 1.165) is 0 Å². The number of fused-ring (bicyclic) bond motifs is 2. The third-order valence-electron chi connectivity index (χ3n) is 7.55. The second-order valence-electron chi connectivity index (χ2n) is 11.4. The van der Waals surface area contributed by atoms with Crippen LogP contribution >= 0.6 is 45.9 Å². The van der Waals surface area contributed by atoms with Gasteiger partial charge < -0.3 is 20.6 Å². The number of carbonyl (C=O) groups is 2. The minimum atomic E-state index is -0.460. The van der Waals surface area contributed by atoms with Gasteiger partial charge >= 0.3 is 0 Å². The number of H-pyrrole nitrogens is 2. The van der Waals surface area contributed by atoms with E-state index in [1.807, 2.05) is 11.8 Å². The van der Waals surface area contributed by atoms with Crippen molar-refractivity contribution < 1.29 is 14.0 Å². The Morgan fingerprint density at radius 1 is 0.900 bits per heavy atom. The van der Waals surface area contributed by atoms with E-state index in [9.17, 15) is 23.6 Å². The topological polar surface area (TPSA) is 156 Å². The molecule has 0 saturated carbocycles. The molecule has 6 rings (SSSR count). The van der Waals surface area contributed by atoms with Gasteiger partial charge in [0.15, 0.2) is 0 Å². The third-order valence-corrected chi connectivity index (χ3v) is 10.3. The van der Waals surface area contributed by atoms with Crippen LogP contribution in [0.5, 0.6) is 0 Å². The van der Waals surface area contributed by atoms with Crippen LogP contribution in [0.15, 0.2) is 63.5 Å². The number of likely N-dealkylation sites (N-methyl/N-ethyl adjacent to an activating group) is 2. The summed E-state index contributed by atoms with van der Waals surface area (Å²) in [7, 11) is 1.69. The predicted octanol–water partition coefficient (Wildman–Crippen LogP) is 5.93. The first-order valence-corrected chi connectivity index (χ1v) is 17.7. The molecule has 2 amide bonds. The number of aromatic nitrogens is 4. The lowest BCUT2D eigenvalue weighted by Crippen LogP contribution is -2.34. The van der Waals surface area contributed by atoms with Gasteiger partial charge in [0, 0.05) is 16.1 Å². The molecule has 4 heterocycles. The van der Waals surface area contributed by atoms with Gasteiger partial charge in [-0.05, 0) is 55.4 Å². The fourth-order valence-electron chi connectivity index (χ4n) is 5.25. The van der Waals surface area contributed by atoms with E-state index in [2.05, 4.69) is 30.6 Å². The standard InChI is InChI=1S/C33H29Cl2FN8O4S2/c1-3-44(14-25-38-21-9-10-49-30(21)32(47)41-25)16-27(46)42-29-20(34)8-7-19(28(29)35)23-12-22-31(50-23)33(48)40-24(39-22)13-43(2)15-26(45)37-18-6-4-5-17(36)11-18/h4-12H,3,13-16H2,1-2H3,(H,37,45)(H,42,46)(H,38,41,47)(H,39,40,48). The van der Waals surface area contributed by atoms with Crippen LogP contribution in [-0.2, 0) is 22.7 Å². The Kier molecular flexibility index (Phi) is 10.7. The zero-order valence-electron chi connectivity index (χ0n) is 26.6. The van der Waals surface area contributed by atoms with E-state index < -0.39 is 5.82 Å². The van der Waals surface area contributed by atoms with Crippen LogP contribution in [-0.4, -0.2) is 68.2 Å². The molecule has 0 unspecified atom stereocenters. The predicted molar refractivity (Wildman–Crippen MR) is 197 cm³/mol. The van der Waals surface area contributed by atoms with Crippen molar-refractivity contribution >= 4 is 89.5 Å². The molecule has 0 spiro atoms. The smallest absolute Gasteiger partial charge is 0.268 e. The summed E-state index contributed by atoms with van der Waals surface area (Å²) in [6.07, 6.45) is 0. The lowest BCUT2D eigenvalue weighted by molar-refractivity contribution is -0.118. The lowest BCUT2D eigenvalue weighted by atomic mass is 10.1. The third kappa shape index (κ3) is 8.09. The van der Waals surface area contributed by atoms with Crippen molar-refractivity contribution in [2.24, 2.45) is 0 Å².